The monoisotopic (exact) mass is 327 g/mol. The number of ketones is 1. The maximum Gasteiger partial charge on any atom is 0.195 e. The first-order chi connectivity index (χ1) is 8.65. The third kappa shape index (κ3) is 2.70. The van der Waals surface area contributed by atoms with Crippen LogP contribution in [0.25, 0.3) is 0 Å². The van der Waals surface area contributed by atoms with Crippen LogP contribution >= 0.6 is 27.3 Å². The molecular formula is C12H14BrN3OS. The van der Waals surface area contributed by atoms with E-state index in [1.807, 2.05) is 25.3 Å². The minimum Gasteiger partial charge on any atom is -0.291 e. The SMILES string of the molecule is CCc1nc(CC)n(CC(=O)c2sccc2Br)n1. The quantitative estimate of drug-likeness (QED) is 0.793. The summed E-state index contributed by atoms with van der Waals surface area (Å²) < 4.78 is 2.57. The van der Waals surface area contributed by atoms with E-state index in [2.05, 4.69) is 26.0 Å². The minimum absolute atomic E-state index is 0.0686. The van der Waals surface area contributed by atoms with E-state index >= 15 is 0 Å². The number of hydrogen-bond donors (Lipinski definition) is 0. The topological polar surface area (TPSA) is 47.8 Å². The molecule has 6 heteroatoms. The lowest BCUT2D eigenvalue weighted by Gasteiger charge is -2.02. The van der Waals surface area contributed by atoms with Crippen molar-refractivity contribution in [3.63, 3.8) is 0 Å². The molecule has 4 nitrogen and oxygen atoms in total. The van der Waals surface area contributed by atoms with Crippen molar-refractivity contribution in [2.75, 3.05) is 0 Å². The van der Waals surface area contributed by atoms with Gasteiger partial charge in [0.1, 0.15) is 12.4 Å². The summed E-state index contributed by atoms with van der Waals surface area (Å²) in [5.41, 5.74) is 0. The van der Waals surface area contributed by atoms with Gasteiger partial charge >= 0.3 is 0 Å². The van der Waals surface area contributed by atoms with Gasteiger partial charge < -0.3 is 0 Å². The van der Waals surface area contributed by atoms with Crippen molar-refractivity contribution in [1.82, 2.24) is 14.8 Å². The van der Waals surface area contributed by atoms with Gasteiger partial charge in [-0.15, -0.1) is 11.3 Å². The molecule has 0 saturated heterocycles. The molecule has 18 heavy (non-hydrogen) atoms. The zero-order valence-corrected chi connectivity index (χ0v) is 12.7. The molecule has 2 aromatic rings. The number of aromatic nitrogens is 3. The first kappa shape index (κ1) is 13.4. The highest BCUT2D eigenvalue weighted by atomic mass is 79.9. The van der Waals surface area contributed by atoms with Crippen molar-refractivity contribution in [2.24, 2.45) is 0 Å². The Morgan fingerprint density at radius 2 is 2.22 bits per heavy atom. The van der Waals surface area contributed by atoms with E-state index in [9.17, 15) is 4.79 Å². The Labute approximate surface area is 118 Å². The van der Waals surface area contributed by atoms with Gasteiger partial charge in [-0.05, 0) is 27.4 Å². The maximum atomic E-state index is 12.2. The van der Waals surface area contributed by atoms with Crippen LogP contribution in [0, 0.1) is 0 Å². The fourth-order valence-corrected chi connectivity index (χ4v) is 3.19. The third-order valence-corrected chi connectivity index (χ3v) is 4.47. The van der Waals surface area contributed by atoms with Gasteiger partial charge in [-0.2, -0.15) is 5.10 Å². The molecule has 0 aliphatic heterocycles. The Kier molecular flexibility index (Phi) is 4.29. The molecule has 0 fully saturated rings. The van der Waals surface area contributed by atoms with Crippen LogP contribution in [-0.4, -0.2) is 20.5 Å². The normalized spacial score (nSPS) is 10.8. The zero-order chi connectivity index (χ0) is 13.1. The second kappa shape index (κ2) is 5.75. The summed E-state index contributed by atoms with van der Waals surface area (Å²) in [5.74, 6) is 1.73. The van der Waals surface area contributed by atoms with Gasteiger partial charge in [-0.3, -0.25) is 4.79 Å². The van der Waals surface area contributed by atoms with Gasteiger partial charge in [0.05, 0.1) is 4.88 Å². The highest BCUT2D eigenvalue weighted by Crippen LogP contribution is 2.23. The molecular weight excluding hydrogens is 314 g/mol. The average Bonchev–Trinajstić information content (AvgIpc) is 2.95. The molecule has 0 atom stereocenters. The van der Waals surface area contributed by atoms with E-state index in [4.69, 9.17) is 0 Å². The number of thiophene rings is 1. The van der Waals surface area contributed by atoms with Crippen LogP contribution in [0.1, 0.15) is 35.2 Å². The van der Waals surface area contributed by atoms with Crippen LogP contribution < -0.4 is 0 Å². The third-order valence-electron chi connectivity index (χ3n) is 2.59. The molecule has 0 N–H and O–H groups in total. The van der Waals surface area contributed by atoms with Crippen molar-refractivity contribution < 1.29 is 4.79 Å². The second-order valence-electron chi connectivity index (χ2n) is 3.83. The summed E-state index contributed by atoms with van der Waals surface area (Å²) in [6, 6.07) is 1.89. The summed E-state index contributed by atoms with van der Waals surface area (Å²) in [7, 11) is 0. The summed E-state index contributed by atoms with van der Waals surface area (Å²) in [5, 5.41) is 6.25. The van der Waals surface area contributed by atoms with Crippen LogP contribution in [0.3, 0.4) is 0 Å². The summed E-state index contributed by atoms with van der Waals surface area (Å²) in [4.78, 5) is 17.3. The number of hydrogen-bond acceptors (Lipinski definition) is 4. The standard InChI is InChI=1S/C12H14BrN3OS/c1-3-10-14-11(4-2)16(15-10)7-9(17)12-8(13)5-6-18-12/h5-6H,3-4,7H2,1-2H3. The zero-order valence-electron chi connectivity index (χ0n) is 10.3. The fourth-order valence-electron chi connectivity index (χ4n) is 1.66. The molecule has 2 aromatic heterocycles. The van der Waals surface area contributed by atoms with E-state index in [1.54, 1.807) is 4.68 Å². The lowest BCUT2D eigenvalue weighted by Crippen LogP contribution is -2.13. The van der Waals surface area contributed by atoms with Crippen molar-refractivity contribution >= 4 is 33.0 Å². The molecule has 0 amide bonds. The predicted molar refractivity (Wildman–Crippen MR) is 75.1 cm³/mol. The highest BCUT2D eigenvalue weighted by molar-refractivity contribution is 9.10. The van der Waals surface area contributed by atoms with Gasteiger partial charge in [0.25, 0.3) is 0 Å². The Bertz CT molecular complexity index is 561. The Morgan fingerprint density at radius 1 is 1.44 bits per heavy atom. The number of carbonyl (C=O) groups is 1. The second-order valence-corrected chi connectivity index (χ2v) is 5.60. The summed E-state index contributed by atoms with van der Waals surface area (Å²) in [6.45, 7) is 4.29. The Morgan fingerprint density at radius 3 is 2.78 bits per heavy atom. The molecule has 0 saturated carbocycles. The maximum absolute atomic E-state index is 12.2. The molecule has 2 heterocycles. The van der Waals surface area contributed by atoms with Crippen LogP contribution in [0.2, 0.25) is 0 Å². The lowest BCUT2D eigenvalue weighted by atomic mass is 10.3. The van der Waals surface area contributed by atoms with Gasteiger partial charge in [0.2, 0.25) is 0 Å². The fraction of sp³-hybridized carbons (Fsp3) is 0.417. The average molecular weight is 328 g/mol. The van der Waals surface area contributed by atoms with Gasteiger partial charge in [0.15, 0.2) is 11.6 Å². The first-order valence-electron chi connectivity index (χ1n) is 5.84. The van der Waals surface area contributed by atoms with Gasteiger partial charge in [-0.25, -0.2) is 9.67 Å². The number of rotatable bonds is 5. The van der Waals surface area contributed by atoms with Crippen LogP contribution in [0.15, 0.2) is 15.9 Å². The molecule has 0 aromatic carbocycles. The van der Waals surface area contributed by atoms with Crippen molar-refractivity contribution in [1.29, 1.82) is 0 Å². The van der Waals surface area contributed by atoms with E-state index in [-0.39, 0.29) is 12.3 Å². The van der Waals surface area contributed by atoms with Gasteiger partial charge in [0, 0.05) is 17.3 Å². The van der Waals surface area contributed by atoms with E-state index in [0.717, 1.165) is 33.8 Å². The van der Waals surface area contributed by atoms with Crippen molar-refractivity contribution in [3.05, 3.63) is 32.4 Å². The van der Waals surface area contributed by atoms with Crippen LogP contribution in [0.4, 0.5) is 0 Å². The van der Waals surface area contributed by atoms with E-state index in [0.29, 0.717) is 0 Å². The summed E-state index contributed by atoms with van der Waals surface area (Å²) in [6.07, 6.45) is 1.57. The number of aryl methyl sites for hydroxylation is 2. The smallest absolute Gasteiger partial charge is 0.195 e. The number of nitrogens with zero attached hydrogens (tertiary/aromatic N) is 3. The Hall–Kier alpha value is -1.01. The highest BCUT2D eigenvalue weighted by Gasteiger charge is 2.15. The first-order valence-corrected chi connectivity index (χ1v) is 7.51. The molecule has 0 bridgehead atoms. The molecule has 0 aliphatic carbocycles. The minimum atomic E-state index is 0.0686. The van der Waals surface area contributed by atoms with Gasteiger partial charge in [-0.1, -0.05) is 13.8 Å². The molecule has 0 unspecified atom stereocenters. The number of Topliss-reactive ketones (excluding diaryl/α,β-unsaturated/α-hetero) is 1. The number of carbonyl (C=O) groups excluding carboxylic acids is 1. The largest absolute Gasteiger partial charge is 0.291 e. The Balaban J connectivity index is 2.21. The van der Waals surface area contributed by atoms with E-state index in [1.165, 1.54) is 11.3 Å². The lowest BCUT2D eigenvalue weighted by molar-refractivity contribution is 0.0969. The van der Waals surface area contributed by atoms with Crippen molar-refractivity contribution in [3.8, 4) is 0 Å². The molecule has 0 spiro atoms. The van der Waals surface area contributed by atoms with Crippen molar-refractivity contribution in [2.45, 2.75) is 33.2 Å². The molecule has 2 rings (SSSR count). The van der Waals surface area contributed by atoms with E-state index < -0.39 is 0 Å². The van der Waals surface area contributed by atoms with Crippen LogP contribution in [0.5, 0.6) is 0 Å². The molecule has 96 valence electrons. The summed E-state index contributed by atoms with van der Waals surface area (Å²) >= 11 is 4.82. The van der Waals surface area contributed by atoms with Crippen LogP contribution in [-0.2, 0) is 19.4 Å². The number of halogens is 1. The molecule has 0 aliphatic rings. The predicted octanol–water partition coefficient (Wildman–Crippen LogP) is 3.11. The molecule has 0 radical (unpaired) electrons.